The standard InChI is InChI=1S/C16H17ClFN5OS.ClH/c1-23-16(20-21-22-23)25-8-2-7-19-10-12-4-6-15(24-12)11-3-5-14(18)13(17)9-11;/h3-6,9,19H,2,7-8,10H2,1H3;1H/p-1. The van der Waals surface area contributed by atoms with E-state index in [1.807, 2.05) is 19.2 Å². The molecule has 140 valence electrons. The number of thioether (sulfide) groups is 1. The fourth-order valence-electron chi connectivity index (χ4n) is 2.19. The summed E-state index contributed by atoms with van der Waals surface area (Å²) in [4.78, 5) is 0. The Morgan fingerprint density at radius 2 is 2.15 bits per heavy atom. The van der Waals surface area contributed by atoms with Gasteiger partial charge in [-0.2, -0.15) is 0 Å². The molecule has 1 aromatic carbocycles. The maximum atomic E-state index is 13.2. The SMILES string of the molecule is Cn1nnnc1SCCCNCc1ccc(-c2ccc(F)c(Cl)c2)o1.[Cl-]. The van der Waals surface area contributed by atoms with Crippen LogP contribution in [0.25, 0.3) is 11.3 Å². The number of halogens is 3. The number of hydrogen-bond acceptors (Lipinski definition) is 6. The lowest BCUT2D eigenvalue weighted by atomic mass is 10.2. The molecule has 0 aliphatic rings. The third-order valence-corrected chi connectivity index (χ3v) is 4.86. The quantitative estimate of drug-likeness (QED) is 0.426. The van der Waals surface area contributed by atoms with Gasteiger partial charge in [-0.15, -0.1) is 5.10 Å². The minimum atomic E-state index is -0.436. The molecule has 1 N–H and O–H groups in total. The molecule has 6 nitrogen and oxygen atoms in total. The number of benzene rings is 1. The van der Waals surface area contributed by atoms with Crippen LogP contribution in [0.3, 0.4) is 0 Å². The molecule has 2 heterocycles. The van der Waals surface area contributed by atoms with Gasteiger partial charge in [-0.25, -0.2) is 9.07 Å². The van der Waals surface area contributed by atoms with E-state index in [9.17, 15) is 4.39 Å². The molecule has 10 heteroatoms. The van der Waals surface area contributed by atoms with Crippen molar-refractivity contribution < 1.29 is 21.2 Å². The highest BCUT2D eigenvalue weighted by Gasteiger charge is 2.08. The lowest BCUT2D eigenvalue weighted by Crippen LogP contribution is -3.00. The maximum Gasteiger partial charge on any atom is 0.209 e. The maximum absolute atomic E-state index is 13.2. The number of nitrogens with zero attached hydrogens (tertiary/aromatic N) is 4. The van der Waals surface area contributed by atoms with Crippen molar-refractivity contribution >= 4 is 23.4 Å². The molecule has 0 unspecified atom stereocenters. The van der Waals surface area contributed by atoms with Crippen molar-refractivity contribution in [2.75, 3.05) is 12.3 Å². The van der Waals surface area contributed by atoms with Crippen LogP contribution < -0.4 is 17.7 Å². The molecule has 3 rings (SSSR count). The average molecular weight is 417 g/mol. The molecule has 3 aromatic rings. The second kappa shape index (κ2) is 9.91. The topological polar surface area (TPSA) is 68.8 Å². The fraction of sp³-hybridized carbons (Fsp3) is 0.312. The van der Waals surface area contributed by atoms with Crippen molar-refractivity contribution in [1.29, 1.82) is 0 Å². The molecule has 0 saturated heterocycles. The number of nitrogens with one attached hydrogen (secondary N) is 1. The molecular formula is C16H17Cl2FN5OS-. The van der Waals surface area contributed by atoms with Crippen molar-refractivity contribution in [2.45, 2.75) is 18.1 Å². The van der Waals surface area contributed by atoms with Gasteiger partial charge in [0.25, 0.3) is 0 Å². The van der Waals surface area contributed by atoms with E-state index >= 15 is 0 Å². The highest BCUT2D eigenvalue weighted by Crippen LogP contribution is 2.26. The molecule has 0 aliphatic heterocycles. The first-order chi connectivity index (χ1) is 12.1. The average Bonchev–Trinajstić information content (AvgIpc) is 3.23. The molecule has 0 bridgehead atoms. The minimum Gasteiger partial charge on any atom is -1.00 e. The van der Waals surface area contributed by atoms with Crippen LogP contribution in [0.15, 0.2) is 39.9 Å². The summed E-state index contributed by atoms with van der Waals surface area (Å²) in [7, 11) is 1.82. The summed E-state index contributed by atoms with van der Waals surface area (Å²) >= 11 is 7.43. The number of furan rings is 1. The normalized spacial score (nSPS) is 10.7. The lowest BCUT2D eigenvalue weighted by molar-refractivity contribution is -0.00000634. The summed E-state index contributed by atoms with van der Waals surface area (Å²) in [6, 6.07) is 8.31. The summed E-state index contributed by atoms with van der Waals surface area (Å²) < 4.78 is 20.6. The Labute approximate surface area is 165 Å². The molecule has 0 aliphatic carbocycles. The molecule has 0 atom stereocenters. The number of hydrogen-bond donors (Lipinski definition) is 1. The zero-order chi connectivity index (χ0) is 17.6. The van der Waals surface area contributed by atoms with Crippen molar-refractivity contribution in [1.82, 2.24) is 25.5 Å². The van der Waals surface area contributed by atoms with Gasteiger partial charge in [-0.05, 0) is 53.7 Å². The summed E-state index contributed by atoms with van der Waals surface area (Å²) in [5.41, 5.74) is 0.756. The highest BCUT2D eigenvalue weighted by atomic mass is 35.5. The van der Waals surface area contributed by atoms with Gasteiger partial charge >= 0.3 is 0 Å². The molecule has 2 aromatic heterocycles. The molecule has 26 heavy (non-hydrogen) atoms. The van der Waals surface area contributed by atoms with Crippen molar-refractivity contribution in [3.8, 4) is 11.3 Å². The highest BCUT2D eigenvalue weighted by molar-refractivity contribution is 7.99. The van der Waals surface area contributed by atoms with E-state index in [1.54, 1.807) is 28.6 Å². The van der Waals surface area contributed by atoms with Crippen LogP contribution in [0.2, 0.25) is 5.02 Å². The van der Waals surface area contributed by atoms with Crippen molar-refractivity contribution in [2.24, 2.45) is 7.05 Å². The van der Waals surface area contributed by atoms with Gasteiger partial charge in [0.05, 0.1) is 11.6 Å². The van der Waals surface area contributed by atoms with E-state index in [4.69, 9.17) is 16.0 Å². The van der Waals surface area contributed by atoms with Crippen molar-refractivity contribution in [3.05, 3.63) is 46.9 Å². The Morgan fingerprint density at radius 1 is 1.31 bits per heavy atom. The Balaban J connectivity index is 0.00000243. The van der Waals surface area contributed by atoms with Gasteiger partial charge < -0.3 is 22.1 Å². The number of aromatic nitrogens is 4. The first-order valence-corrected chi connectivity index (χ1v) is 9.10. The summed E-state index contributed by atoms with van der Waals surface area (Å²) in [5.74, 6) is 1.98. The Kier molecular flexibility index (Phi) is 7.89. The number of aryl methyl sites for hydroxylation is 1. The van der Waals surface area contributed by atoms with Crippen LogP contribution in [0, 0.1) is 5.82 Å². The van der Waals surface area contributed by atoms with Gasteiger partial charge in [0, 0.05) is 18.4 Å². The molecule has 0 spiro atoms. The number of tetrazole rings is 1. The van der Waals surface area contributed by atoms with Gasteiger partial charge in [-0.1, -0.05) is 23.4 Å². The zero-order valence-electron chi connectivity index (χ0n) is 14.0. The predicted molar refractivity (Wildman–Crippen MR) is 95.0 cm³/mol. The Morgan fingerprint density at radius 3 is 2.88 bits per heavy atom. The van der Waals surface area contributed by atoms with Crippen LogP contribution in [0.1, 0.15) is 12.2 Å². The van der Waals surface area contributed by atoms with Crippen molar-refractivity contribution in [3.63, 3.8) is 0 Å². The third-order valence-electron chi connectivity index (χ3n) is 3.48. The third kappa shape index (κ3) is 5.44. The Hall–Kier alpha value is -1.61. The molecule has 0 amide bonds. The second-order valence-electron chi connectivity index (χ2n) is 5.36. The summed E-state index contributed by atoms with van der Waals surface area (Å²) in [6.07, 6.45) is 0.985. The van der Waals surface area contributed by atoms with E-state index in [0.717, 1.165) is 35.2 Å². The van der Waals surface area contributed by atoms with Gasteiger partial charge in [0.2, 0.25) is 5.16 Å². The van der Waals surface area contributed by atoms with Crippen LogP contribution in [-0.2, 0) is 13.6 Å². The van der Waals surface area contributed by atoms with Crippen LogP contribution in [0.4, 0.5) is 4.39 Å². The smallest absolute Gasteiger partial charge is 0.209 e. The van der Waals surface area contributed by atoms with Gasteiger partial charge in [0.15, 0.2) is 0 Å². The molecule has 0 fully saturated rings. The summed E-state index contributed by atoms with van der Waals surface area (Å²) in [6.45, 7) is 1.49. The van der Waals surface area contributed by atoms with E-state index in [2.05, 4.69) is 20.8 Å². The molecule has 0 saturated carbocycles. The Bertz CT molecular complexity index is 842. The van der Waals surface area contributed by atoms with E-state index < -0.39 is 5.82 Å². The van der Waals surface area contributed by atoms with E-state index in [0.29, 0.717) is 12.3 Å². The van der Waals surface area contributed by atoms with Gasteiger partial charge in [0.1, 0.15) is 17.3 Å². The minimum absolute atomic E-state index is 0. The van der Waals surface area contributed by atoms with E-state index in [-0.39, 0.29) is 17.4 Å². The molecule has 0 radical (unpaired) electrons. The lowest BCUT2D eigenvalue weighted by Gasteiger charge is -2.03. The summed E-state index contributed by atoms with van der Waals surface area (Å²) in [5, 5.41) is 15.5. The largest absolute Gasteiger partial charge is 1.00 e. The first-order valence-electron chi connectivity index (χ1n) is 7.73. The van der Waals surface area contributed by atoms with E-state index in [1.165, 1.54) is 6.07 Å². The number of rotatable bonds is 8. The fourth-order valence-corrected chi connectivity index (χ4v) is 3.16. The second-order valence-corrected chi connectivity index (χ2v) is 6.83. The zero-order valence-corrected chi connectivity index (χ0v) is 16.3. The van der Waals surface area contributed by atoms with Crippen LogP contribution in [-0.4, -0.2) is 32.5 Å². The predicted octanol–water partition coefficient (Wildman–Crippen LogP) is 0.539. The van der Waals surface area contributed by atoms with Gasteiger partial charge in [-0.3, -0.25) is 0 Å². The van der Waals surface area contributed by atoms with Crippen LogP contribution >= 0.6 is 23.4 Å². The monoisotopic (exact) mass is 416 g/mol. The first kappa shape index (κ1) is 20.7. The van der Waals surface area contributed by atoms with Crippen LogP contribution in [0.5, 0.6) is 0 Å². The molecular weight excluding hydrogens is 400 g/mol.